The van der Waals surface area contributed by atoms with Crippen LogP contribution in [0.5, 0.6) is 0 Å². The molecule has 0 amide bonds. The Morgan fingerprint density at radius 1 is 0.647 bits per heavy atom. The Kier molecular flexibility index (Phi) is 4.30. The summed E-state index contributed by atoms with van der Waals surface area (Å²) in [6.45, 7) is 8.96. The van der Waals surface area contributed by atoms with Crippen LogP contribution in [0.15, 0.2) is 36.4 Å². The molecule has 17 heavy (non-hydrogen) atoms. The molecule has 92 valence electrons. The Balaban J connectivity index is 0.00000144. The van der Waals surface area contributed by atoms with E-state index >= 15 is 0 Å². The van der Waals surface area contributed by atoms with Gasteiger partial charge in [0, 0.05) is 0 Å². The van der Waals surface area contributed by atoms with E-state index in [-0.39, 0.29) is 5.48 Å². The van der Waals surface area contributed by atoms with Crippen molar-refractivity contribution in [1.82, 2.24) is 0 Å². The van der Waals surface area contributed by atoms with Gasteiger partial charge in [-0.2, -0.15) is 0 Å². The molecule has 0 atom stereocenters. The lowest BCUT2D eigenvalue weighted by atomic mass is 9.96. The maximum absolute atomic E-state index is 2.31. The smallest absolute Gasteiger partial charge is 0.0181 e. The van der Waals surface area contributed by atoms with Gasteiger partial charge in [-0.25, -0.2) is 0 Å². The summed E-state index contributed by atoms with van der Waals surface area (Å²) in [5, 5.41) is 2.71. The van der Waals surface area contributed by atoms with Crippen LogP contribution in [0.3, 0.4) is 0 Å². The van der Waals surface area contributed by atoms with Crippen LogP contribution in [0.25, 0.3) is 10.8 Å². The van der Waals surface area contributed by atoms with Gasteiger partial charge in [0.05, 0.1) is 0 Å². The number of hydrogen-bond donors (Lipinski definition) is 0. The molecule has 0 bridgehead atoms. The monoisotopic (exact) mass is 230 g/mol. The third-order valence-electron chi connectivity index (χ3n) is 3.22. The lowest BCUT2D eigenvalue weighted by Crippen LogP contribution is -1.89. The summed E-state index contributed by atoms with van der Waals surface area (Å²) in [5.41, 5.74) is 2.84. The zero-order valence-corrected chi connectivity index (χ0v) is 11.1. The Hall–Kier alpha value is -1.34. The Bertz CT molecular complexity index is 451. The van der Waals surface area contributed by atoms with E-state index in [1.54, 1.807) is 0 Å². The Labute approximate surface area is 104 Å². The summed E-state index contributed by atoms with van der Waals surface area (Å²) in [4.78, 5) is 0. The fourth-order valence-electron chi connectivity index (χ4n) is 2.00. The van der Waals surface area contributed by atoms with Gasteiger partial charge in [-0.15, -0.1) is 0 Å². The van der Waals surface area contributed by atoms with Crippen molar-refractivity contribution in [2.45, 2.75) is 39.5 Å². The van der Waals surface area contributed by atoms with Crippen LogP contribution in [0.2, 0.25) is 0 Å². The molecule has 2 rings (SSSR count). The lowest BCUT2D eigenvalue weighted by Gasteiger charge is -2.10. The average Bonchev–Trinajstić information content (AvgIpc) is 2.27. The first-order valence-corrected chi connectivity index (χ1v) is 6.11. The van der Waals surface area contributed by atoms with Crippen LogP contribution in [-0.4, -0.2) is 5.48 Å². The van der Waals surface area contributed by atoms with Crippen molar-refractivity contribution in [2.24, 2.45) is 0 Å². The largest absolute Gasteiger partial charge is 0.412 e. The highest BCUT2D eigenvalue weighted by Gasteiger charge is 2.03. The minimum absolute atomic E-state index is 0. The van der Waals surface area contributed by atoms with Crippen molar-refractivity contribution < 1.29 is 5.48 Å². The van der Waals surface area contributed by atoms with Gasteiger partial charge >= 0.3 is 0 Å². The van der Waals surface area contributed by atoms with E-state index in [1.807, 2.05) is 0 Å². The topological polar surface area (TPSA) is 31.5 Å². The fraction of sp³-hybridized carbons (Fsp3) is 0.375. The van der Waals surface area contributed by atoms with Gasteiger partial charge in [-0.05, 0) is 33.7 Å². The zero-order chi connectivity index (χ0) is 11.7. The van der Waals surface area contributed by atoms with Gasteiger partial charge in [-0.3, -0.25) is 0 Å². The van der Waals surface area contributed by atoms with Crippen molar-refractivity contribution in [2.75, 3.05) is 0 Å². The van der Waals surface area contributed by atoms with Crippen LogP contribution in [0.4, 0.5) is 0 Å². The van der Waals surface area contributed by atoms with Gasteiger partial charge in [0.1, 0.15) is 0 Å². The predicted molar refractivity (Wildman–Crippen MR) is 75.7 cm³/mol. The second-order valence-corrected chi connectivity index (χ2v) is 5.18. The van der Waals surface area contributed by atoms with Crippen molar-refractivity contribution in [1.29, 1.82) is 0 Å². The molecule has 0 fully saturated rings. The predicted octanol–water partition coefficient (Wildman–Crippen LogP) is 4.26. The molecule has 0 aliphatic carbocycles. The van der Waals surface area contributed by atoms with Crippen LogP contribution in [0.1, 0.15) is 50.7 Å². The molecule has 0 aliphatic rings. The first kappa shape index (κ1) is 13.7. The highest BCUT2D eigenvalue weighted by Crippen LogP contribution is 2.24. The molecule has 2 aromatic carbocycles. The van der Waals surface area contributed by atoms with E-state index in [0.717, 1.165) is 0 Å². The van der Waals surface area contributed by atoms with E-state index in [1.165, 1.54) is 21.9 Å². The number of rotatable bonds is 2. The molecule has 0 heterocycles. The van der Waals surface area contributed by atoms with Gasteiger partial charge in [0.2, 0.25) is 0 Å². The summed E-state index contributed by atoms with van der Waals surface area (Å²) in [5.74, 6) is 1.21. The number of benzene rings is 2. The summed E-state index contributed by atoms with van der Waals surface area (Å²) < 4.78 is 0. The second kappa shape index (κ2) is 5.33. The third kappa shape index (κ3) is 2.86. The first-order valence-electron chi connectivity index (χ1n) is 6.11. The molecule has 2 N–H and O–H groups in total. The SMILES string of the molecule is CC(C)c1ccc2cc(C(C)C)ccc2c1.O. The molecule has 0 unspecified atom stereocenters. The molecule has 2 aromatic rings. The summed E-state index contributed by atoms with van der Waals surface area (Å²) in [6, 6.07) is 13.6. The van der Waals surface area contributed by atoms with Crippen LogP contribution in [-0.2, 0) is 0 Å². The van der Waals surface area contributed by atoms with E-state index < -0.39 is 0 Å². The highest BCUT2D eigenvalue weighted by molar-refractivity contribution is 5.84. The van der Waals surface area contributed by atoms with E-state index in [9.17, 15) is 0 Å². The summed E-state index contributed by atoms with van der Waals surface area (Å²) in [7, 11) is 0. The van der Waals surface area contributed by atoms with Crippen molar-refractivity contribution in [3.63, 3.8) is 0 Å². The van der Waals surface area contributed by atoms with Crippen molar-refractivity contribution in [3.8, 4) is 0 Å². The maximum Gasteiger partial charge on any atom is -0.0181 e. The molecule has 0 radical (unpaired) electrons. The van der Waals surface area contributed by atoms with E-state index in [4.69, 9.17) is 0 Å². The summed E-state index contributed by atoms with van der Waals surface area (Å²) >= 11 is 0. The van der Waals surface area contributed by atoms with E-state index in [0.29, 0.717) is 11.8 Å². The molecular formula is C16H22O. The number of fused-ring (bicyclic) bond motifs is 1. The van der Waals surface area contributed by atoms with Gasteiger partial charge < -0.3 is 5.48 Å². The third-order valence-corrected chi connectivity index (χ3v) is 3.22. The Morgan fingerprint density at radius 2 is 1.00 bits per heavy atom. The minimum atomic E-state index is 0. The van der Waals surface area contributed by atoms with Crippen molar-refractivity contribution >= 4 is 10.8 Å². The molecule has 0 spiro atoms. The molecule has 0 saturated heterocycles. The van der Waals surface area contributed by atoms with Gasteiger partial charge in [0.15, 0.2) is 0 Å². The Morgan fingerprint density at radius 3 is 1.29 bits per heavy atom. The van der Waals surface area contributed by atoms with Gasteiger partial charge in [-0.1, -0.05) is 64.1 Å². The van der Waals surface area contributed by atoms with Crippen LogP contribution < -0.4 is 0 Å². The van der Waals surface area contributed by atoms with E-state index in [2.05, 4.69) is 64.1 Å². The zero-order valence-electron chi connectivity index (χ0n) is 11.1. The minimum Gasteiger partial charge on any atom is -0.412 e. The quantitative estimate of drug-likeness (QED) is 0.738. The van der Waals surface area contributed by atoms with Crippen molar-refractivity contribution in [3.05, 3.63) is 47.5 Å². The normalized spacial score (nSPS) is 10.9. The second-order valence-electron chi connectivity index (χ2n) is 5.18. The van der Waals surface area contributed by atoms with Crippen LogP contribution in [0, 0.1) is 0 Å². The van der Waals surface area contributed by atoms with Gasteiger partial charge in [0.25, 0.3) is 0 Å². The molecule has 1 heteroatoms. The molecule has 0 aromatic heterocycles. The highest BCUT2D eigenvalue weighted by atomic mass is 16.0. The number of hydrogen-bond acceptors (Lipinski definition) is 0. The molecule has 0 aliphatic heterocycles. The first-order chi connectivity index (χ1) is 7.58. The standard InChI is InChI=1S/C16H20.H2O/c1-11(2)13-5-7-16-10-14(12(3)4)6-8-15(16)9-13;/h5-12H,1-4H3;1H2. The summed E-state index contributed by atoms with van der Waals surface area (Å²) in [6.07, 6.45) is 0. The maximum atomic E-state index is 2.31. The average molecular weight is 230 g/mol. The van der Waals surface area contributed by atoms with Crippen LogP contribution >= 0.6 is 0 Å². The lowest BCUT2D eigenvalue weighted by molar-refractivity contribution is 0.824. The fourth-order valence-corrected chi connectivity index (χ4v) is 2.00. The molecular weight excluding hydrogens is 208 g/mol. The molecule has 0 saturated carbocycles. The molecule has 1 nitrogen and oxygen atoms in total.